The minimum atomic E-state index is -1.05. The van der Waals surface area contributed by atoms with Gasteiger partial charge in [-0.1, -0.05) is 36.4 Å². The Hall–Kier alpha value is -3.54. The maximum atomic E-state index is 12.8. The fourth-order valence-corrected chi connectivity index (χ4v) is 2.70. The van der Waals surface area contributed by atoms with Gasteiger partial charge in [-0.3, -0.25) is 4.90 Å². The topological polar surface area (TPSA) is 71.8 Å². The van der Waals surface area contributed by atoms with Gasteiger partial charge in [0, 0.05) is 25.1 Å². The van der Waals surface area contributed by atoms with Crippen molar-refractivity contribution < 1.29 is 19.4 Å². The molecule has 0 aliphatic carbocycles. The maximum Gasteiger partial charge on any atom is 0.414 e. The van der Waals surface area contributed by atoms with Crippen LogP contribution in [0.5, 0.6) is 0 Å². The number of ether oxygens (including phenoxy) is 1. The van der Waals surface area contributed by atoms with Gasteiger partial charge < -0.3 is 14.4 Å². The molecule has 0 aliphatic rings. The number of carboxylic acid groups (broad SMARTS) is 1. The quantitative estimate of drug-likeness (QED) is 0.716. The molecular weight excluding hydrogens is 344 g/mol. The zero-order valence-electron chi connectivity index (χ0n) is 14.9. The number of nitrogens with zero attached hydrogens (tertiary/aromatic N) is 2. The van der Waals surface area contributed by atoms with Gasteiger partial charge in [-0.25, -0.2) is 9.59 Å². The number of anilines is 1. The molecule has 0 bridgehead atoms. The third kappa shape index (κ3) is 4.76. The number of amides is 1. The Morgan fingerprint density at radius 1 is 1.04 bits per heavy atom. The van der Waals surface area contributed by atoms with Crippen molar-refractivity contribution in [3.05, 3.63) is 89.7 Å². The monoisotopic (exact) mass is 364 g/mol. The Balaban J connectivity index is 1.83. The molecule has 0 spiro atoms. The average molecular weight is 364 g/mol. The Bertz CT molecular complexity index is 934. The largest absolute Gasteiger partial charge is 0.478 e. The van der Waals surface area contributed by atoms with E-state index < -0.39 is 12.1 Å². The second-order valence-corrected chi connectivity index (χ2v) is 6.17. The number of aromatic nitrogens is 1. The molecule has 0 unspecified atom stereocenters. The first-order valence-electron chi connectivity index (χ1n) is 8.45. The summed E-state index contributed by atoms with van der Waals surface area (Å²) in [5.74, 6) is -1.05. The molecule has 138 valence electrons. The minimum Gasteiger partial charge on any atom is -0.478 e. The van der Waals surface area contributed by atoms with E-state index in [-0.39, 0.29) is 18.7 Å². The van der Waals surface area contributed by atoms with Crippen LogP contribution in [0.1, 0.15) is 21.5 Å². The highest BCUT2D eigenvalue weighted by atomic mass is 16.6. The van der Waals surface area contributed by atoms with Crippen molar-refractivity contribution in [2.75, 3.05) is 4.90 Å². The van der Waals surface area contributed by atoms with Gasteiger partial charge in [0.15, 0.2) is 0 Å². The summed E-state index contributed by atoms with van der Waals surface area (Å²) in [6, 6.07) is 17.6. The standard InChI is InChI=1S/C21H20N2O4/c1-22-11-10-17(13-22)14-23(19-9-5-8-18(12-19)20(24)25)21(26)27-15-16-6-3-2-4-7-16/h2-13H,14-15H2,1H3,(H,24,25). The molecular formula is C21H20N2O4. The highest BCUT2D eigenvalue weighted by molar-refractivity contribution is 5.92. The number of aromatic carboxylic acids is 1. The number of carboxylic acids is 1. The summed E-state index contributed by atoms with van der Waals surface area (Å²) in [6.45, 7) is 0.418. The number of rotatable bonds is 6. The van der Waals surface area contributed by atoms with E-state index in [0.717, 1.165) is 11.1 Å². The molecule has 1 heterocycles. The molecule has 0 atom stereocenters. The smallest absolute Gasteiger partial charge is 0.414 e. The maximum absolute atomic E-state index is 12.8. The number of carbonyl (C=O) groups is 2. The summed E-state index contributed by atoms with van der Waals surface area (Å²) in [5.41, 5.74) is 2.37. The van der Waals surface area contributed by atoms with Crippen LogP contribution in [0.4, 0.5) is 10.5 Å². The fourth-order valence-electron chi connectivity index (χ4n) is 2.70. The first kappa shape index (κ1) is 18.3. The Morgan fingerprint density at radius 2 is 1.81 bits per heavy atom. The molecule has 1 N–H and O–H groups in total. The third-order valence-corrected chi connectivity index (χ3v) is 4.06. The van der Waals surface area contributed by atoms with Crippen molar-refractivity contribution in [2.45, 2.75) is 13.2 Å². The van der Waals surface area contributed by atoms with Gasteiger partial charge in [-0.05, 0) is 35.4 Å². The van der Waals surface area contributed by atoms with Crippen LogP contribution in [-0.4, -0.2) is 21.7 Å². The highest BCUT2D eigenvalue weighted by Crippen LogP contribution is 2.21. The fraction of sp³-hybridized carbons (Fsp3) is 0.143. The van der Waals surface area contributed by atoms with E-state index in [4.69, 9.17) is 4.74 Å². The average Bonchev–Trinajstić information content (AvgIpc) is 3.10. The molecule has 3 rings (SSSR count). The van der Waals surface area contributed by atoms with E-state index in [1.807, 2.05) is 60.4 Å². The van der Waals surface area contributed by atoms with E-state index in [0.29, 0.717) is 5.69 Å². The molecule has 0 aliphatic heterocycles. The van der Waals surface area contributed by atoms with Crippen LogP contribution in [0.2, 0.25) is 0 Å². The second-order valence-electron chi connectivity index (χ2n) is 6.17. The number of carbonyl (C=O) groups excluding carboxylic acids is 1. The Kier molecular flexibility index (Phi) is 5.56. The van der Waals surface area contributed by atoms with Gasteiger partial charge in [0.25, 0.3) is 0 Å². The molecule has 1 aromatic heterocycles. The van der Waals surface area contributed by atoms with Gasteiger partial charge in [-0.2, -0.15) is 0 Å². The van der Waals surface area contributed by atoms with E-state index in [1.54, 1.807) is 12.1 Å². The molecule has 1 amide bonds. The molecule has 0 radical (unpaired) electrons. The molecule has 6 nitrogen and oxygen atoms in total. The van der Waals surface area contributed by atoms with Crippen molar-refractivity contribution in [3.8, 4) is 0 Å². The lowest BCUT2D eigenvalue weighted by Gasteiger charge is -2.22. The van der Waals surface area contributed by atoms with Crippen molar-refractivity contribution in [3.63, 3.8) is 0 Å². The molecule has 0 saturated heterocycles. The van der Waals surface area contributed by atoms with Gasteiger partial charge >= 0.3 is 12.1 Å². The van der Waals surface area contributed by atoms with E-state index >= 15 is 0 Å². The number of hydrogen-bond acceptors (Lipinski definition) is 3. The van der Waals surface area contributed by atoms with E-state index in [2.05, 4.69) is 0 Å². The normalized spacial score (nSPS) is 10.4. The van der Waals surface area contributed by atoms with E-state index in [1.165, 1.54) is 17.0 Å². The summed E-state index contributed by atoms with van der Waals surface area (Å²) >= 11 is 0. The summed E-state index contributed by atoms with van der Waals surface area (Å²) in [6.07, 6.45) is 3.25. The van der Waals surface area contributed by atoms with Crippen LogP contribution >= 0.6 is 0 Å². The Morgan fingerprint density at radius 3 is 2.48 bits per heavy atom. The van der Waals surface area contributed by atoms with Crippen molar-refractivity contribution >= 4 is 17.7 Å². The summed E-state index contributed by atoms with van der Waals surface area (Å²) in [4.78, 5) is 25.5. The molecule has 2 aromatic carbocycles. The van der Waals surface area contributed by atoms with Crippen LogP contribution in [0.15, 0.2) is 73.1 Å². The van der Waals surface area contributed by atoms with Gasteiger partial charge in [-0.15, -0.1) is 0 Å². The summed E-state index contributed by atoms with van der Waals surface area (Å²) < 4.78 is 7.34. The number of aryl methyl sites for hydroxylation is 1. The highest BCUT2D eigenvalue weighted by Gasteiger charge is 2.19. The predicted molar refractivity (Wildman–Crippen MR) is 102 cm³/mol. The first-order valence-corrected chi connectivity index (χ1v) is 8.45. The van der Waals surface area contributed by atoms with Crippen LogP contribution in [-0.2, 0) is 24.9 Å². The van der Waals surface area contributed by atoms with Crippen molar-refractivity contribution in [1.82, 2.24) is 4.57 Å². The van der Waals surface area contributed by atoms with Crippen molar-refractivity contribution in [1.29, 1.82) is 0 Å². The zero-order chi connectivity index (χ0) is 19.2. The lowest BCUT2D eigenvalue weighted by molar-refractivity contribution is 0.0696. The minimum absolute atomic E-state index is 0.112. The van der Waals surface area contributed by atoms with Crippen LogP contribution in [0.25, 0.3) is 0 Å². The SMILES string of the molecule is Cn1ccc(CN(C(=O)OCc2ccccc2)c2cccc(C(=O)O)c2)c1. The lowest BCUT2D eigenvalue weighted by Crippen LogP contribution is -2.31. The molecule has 6 heteroatoms. The van der Waals surface area contributed by atoms with E-state index in [9.17, 15) is 14.7 Å². The first-order chi connectivity index (χ1) is 13.0. The van der Waals surface area contributed by atoms with Crippen LogP contribution < -0.4 is 4.90 Å². The molecule has 27 heavy (non-hydrogen) atoms. The van der Waals surface area contributed by atoms with Gasteiger partial charge in [0.1, 0.15) is 6.61 Å². The van der Waals surface area contributed by atoms with Gasteiger partial charge in [0.05, 0.1) is 12.1 Å². The number of hydrogen-bond donors (Lipinski definition) is 1. The second kappa shape index (κ2) is 8.23. The van der Waals surface area contributed by atoms with Crippen LogP contribution in [0.3, 0.4) is 0 Å². The van der Waals surface area contributed by atoms with Gasteiger partial charge in [0.2, 0.25) is 0 Å². The molecule has 0 fully saturated rings. The zero-order valence-corrected chi connectivity index (χ0v) is 14.9. The predicted octanol–water partition coefficient (Wildman–Crippen LogP) is 4.07. The lowest BCUT2D eigenvalue weighted by atomic mass is 10.2. The molecule has 3 aromatic rings. The summed E-state index contributed by atoms with van der Waals surface area (Å²) in [7, 11) is 1.90. The Labute approximate surface area is 157 Å². The summed E-state index contributed by atoms with van der Waals surface area (Å²) in [5, 5.41) is 9.24. The number of benzene rings is 2. The molecule has 0 saturated carbocycles. The van der Waals surface area contributed by atoms with Crippen LogP contribution in [0, 0.1) is 0 Å². The third-order valence-electron chi connectivity index (χ3n) is 4.06. The van der Waals surface area contributed by atoms with Crippen molar-refractivity contribution in [2.24, 2.45) is 7.05 Å².